The molecule has 0 aliphatic heterocycles. The first-order valence-corrected chi connectivity index (χ1v) is 5.90. The molecule has 0 N–H and O–H groups in total. The van der Waals surface area contributed by atoms with Crippen molar-refractivity contribution < 1.29 is 70.1 Å². The van der Waals surface area contributed by atoms with Gasteiger partial charge in [0.05, 0.1) is 0 Å². The van der Waals surface area contributed by atoms with Crippen LogP contribution in [0.4, 0.5) is 0 Å². The van der Waals surface area contributed by atoms with Crippen LogP contribution in [0.2, 0.25) is 0 Å². The van der Waals surface area contributed by atoms with E-state index in [0.717, 1.165) is 14.2 Å². The van der Waals surface area contributed by atoms with Crippen molar-refractivity contribution >= 4 is 16.5 Å². The minimum Gasteiger partial charge on any atom is -0.781 e. The van der Waals surface area contributed by atoms with Crippen molar-refractivity contribution in [1.82, 2.24) is 0 Å². The summed E-state index contributed by atoms with van der Waals surface area (Å²) in [5.74, 6) is 0. The summed E-state index contributed by atoms with van der Waals surface area (Å²) in [6.07, 6.45) is 1.25. The molecule has 0 saturated heterocycles. The average molecular weight is 634 g/mol. The minimum atomic E-state index is -2.87. The van der Waals surface area contributed by atoms with Gasteiger partial charge in [0.2, 0.25) is 0 Å². The van der Waals surface area contributed by atoms with Gasteiger partial charge in [0.25, 0.3) is 0 Å². The summed E-state index contributed by atoms with van der Waals surface area (Å²) < 4.78 is 25.9. The molecule has 0 fully saturated rings. The molecular weight excluding hydrogens is 610 g/mol. The average Bonchev–Trinajstić information content (AvgIpc) is 2.07. The summed E-state index contributed by atoms with van der Waals surface area (Å²) in [6, 6.07) is 0. The molecule has 17 heavy (non-hydrogen) atoms. The van der Waals surface area contributed by atoms with Crippen LogP contribution in [0.25, 0.3) is 0 Å². The third-order valence-corrected chi connectivity index (χ3v) is 1.00. The Hall–Kier alpha value is 1.68. The molecule has 112 valence electrons. The second-order valence-corrected chi connectivity index (χ2v) is 3.43. The monoisotopic (exact) mass is 634 g/mol. The Morgan fingerprint density at radius 2 is 0.941 bits per heavy atom. The van der Waals surface area contributed by atoms with Gasteiger partial charge in [-0.1, -0.05) is 35.1 Å². The number of rotatable bonds is 2. The van der Waals surface area contributed by atoms with Crippen molar-refractivity contribution in [2.75, 3.05) is 14.2 Å². The van der Waals surface area contributed by atoms with E-state index in [0.29, 0.717) is 0 Å². The van der Waals surface area contributed by atoms with Crippen molar-refractivity contribution in [1.29, 1.82) is 0 Å². The van der Waals surface area contributed by atoms with E-state index in [1.165, 1.54) is 6.42 Å². The van der Waals surface area contributed by atoms with Crippen molar-refractivity contribution in [3.63, 3.8) is 0 Å². The SMILES string of the molecule is C.C.CCC.CO[PH](=O)[O-].CO[PH](=O)[O-].[W].[W]. The van der Waals surface area contributed by atoms with E-state index in [1.54, 1.807) is 0 Å². The Kier molecular flexibility index (Phi) is 109. The van der Waals surface area contributed by atoms with Gasteiger partial charge in [-0.15, -0.1) is 0 Å². The van der Waals surface area contributed by atoms with Crippen molar-refractivity contribution in [2.24, 2.45) is 0 Å². The molecule has 2 atom stereocenters. The van der Waals surface area contributed by atoms with E-state index in [9.17, 15) is 18.9 Å². The van der Waals surface area contributed by atoms with Crippen LogP contribution in [-0.4, -0.2) is 14.2 Å². The fourth-order valence-electron chi connectivity index (χ4n) is 0. The molecule has 0 aromatic heterocycles. The van der Waals surface area contributed by atoms with Gasteiger partial charge in [0, 0.05) is 56.4 Å². The standard InChI is InChI=1S/C3H8.2CH5O3P.2CH4.2W/c1-3-2;2*1-4-5(2)3;;;;/h3H2,1-2H3;2*5H,1H3,(H,2,3);2*1H4;;/p-2. The predicted octanol–water partition coefficient (Wildman–Crippen LogP) is 1.45. The Morgan fingerprint density at radius 3 is 0.941 bits per heavy atom. The smallest absolute Gasteiger partial charge is 0.121 e. The van der Waals surface area contributed by atoms with Crippen LogP contribution in [-0.2, 0) is 60.3 Å². The Morgan fingerprint density at radius 1 is 0.882 bits per heavy atom. The molecule has 0 amide bonds. The second-order valence-electron chi connectivity index (χ2n) is 1.62. The van der Waals surface area contributed by atoms with Crippen LogP contribution in [0.3, 0.4) is 0 Å². The van der Waals surface area contributed by atoms with E-state index in [-0.39, 0.29) is 57.0 Å². The van der Waals surface area contributed by atoms with Gasteiger partial charge in [-0.2, -0.15) is 0 Å². The Balaban J connectivity index is -0.0000000162. The van der Waals surface area contributed by atoms with Crippen molar-refractivity contribution in [3.8, 4) is 0 Å². The first-order valence-electron chi connectivity index (χ1n) is 3.46. The summed E-state index contributed by atoms with van der Waals surface area (Å²) in [5.41, 5.74) is 0. The quantitative estimate of drug-likeness (QED) is 0.427. The number of hydrogen-bond acceptors (Lipinski definition) is 6. The summed E-state index contributed by atoms with van der Waals surface area (Å²) in [6.45, 7) is 4.25. The summed E-state index contributed by atoms with van der Waals surface area (Å²) >= 11 is 0. The largest absolute Gasteiger partial charge is 0.781 e. The molecule has 0 aliphatic carbocycles. The Labute approximate surface area is 135 Å². The van der Waals surface area contributed by atoms with E-state index < -0.39 is 16.5 Å². The molecule has 0 bridgehead atoms. The Bertz CT molecular complexity index is 126. The molecule has 0 heterocycles. The second kappa shape index (κ2) is 43.1. The fraction of sp³-hybridized carbons (Fsp3) is 1.00. The van der Waals surface area contributed by atoms with Crippen LogP contribution in [0.15, 0.2) is 0 Å². The van der Waals surface area contributed by atoms with E-state index in [1.807, 2.05) is 0 Å². The zero-order valence-corrected chi connectivity index (χ0v) is 16.8. The van der Waals surface area contributed by atoms with Gasteiger partial charge < -0.3 is 28.0 Å². The van der Waals surface area contributed by atoms with Crippen LogP contribution < -0.4 is 9.79 Å². The first-order chi connectivity index (χ1) is 5.95. The maximum atomic E-state index is 9.22. The molecule has 0 radical (unpaired) electrons. The molecule has 10 heteroatoms. The van der Waals surface area contributed by atoms with Gasteiger partial charge in [-0.25, -0.2) is 0 Å². The van der Waals surface area contributed by atoms with Crippen LogP contribution in [0.5, 0.6) is 0 Å². The van der Waals surface area contributed by atoms with Crippen LogP contribution in [0.1, 0.15) is 35.1 Å². The van der Waals surface area contributed by atoms with Gasteiger partial charge in [0.15, 0.2) is 0 Å². The number of hydrogen-bond donors (Lipinski definition) is 0. The predicted molar refractivity (Wildman–Crippen MR) is 61.4 cm³/mol. The van der Waals surface area contributed by atoms with E-state index in [4.69, 9.17) is 0 Å². The zero-order valence-electron chi connectivity index (χ0n) is 8.97. The third-order valence-electron chi connectivity index (χ3n) is 0.333. The molecule has 0 saturated carbocycles. The van der Waals surface area contributed by atoms with E-state index >= 15 is 0 Å². The van der Waals surface area contributed by atoms with E-state index in [2.05, 4.69) is 22.9 Å². The van der Waals surface area contributed by atoms with Crippen molar-refractivity contribution in [2.45, 2.75) is 35.1 Å². The molecule has 0 spiro atoms. The van der Waals surface area contributed by atoms with Gasteiger partial charge in [-0.05, 0) is 0 Å². The summed E-state index contributed by atoms with van der Waals surface area (Å²) in [5, 5.41) is 0. The zero-order chi connectivity index (χ0) is 11.3. The maximum Gasteiger partial charge on any atom is 0.121 e. The van der Waals surface area contributed by atoms with Gasteiger partial charge >= 0.3 is 0 Å². The summed E-state index contributed by atoms with van der Waals surface area (Å²) in [4.78, 5) is 18.4. The topological polar surface area (TPSA) is 98.7 Å². The van der Waals surface area contributed by atoms with Gasteiger partial charge in [0.1, 0.15) is 16.5 Å². The molecule has 0 aromatic rings. The molecule has 0 aromatic carbocycles. The minimum absolute atomic E-state index is 0. The molecule has 6 nitrogen and oxygen atoms in total. The molecule has 2 unspecified atom stereocenters. The van der Waals surface area contributed by atoms with Crippen molar-refractivity contribution in [3.05, 3.63) is 0 Å². The van der Waals surface area contributed by atoms with Gasteiger partial charge in [-0.3, -0.25) is 0 Å². The molecule has 0 aliphatic rings. The van der Waals surface area contributed by atoms with Crippen LogP contribution in [0, 0.1) is 0 Å². The third kappa shape index (κ3) is 135. The molecule has 0 rings (SSSR count). The fourth-order valence-corrected chi connectivity index (χ4v) is 0. The first kappa shape index (κ1) is 42.8. The normalized spacial score (nSPS) is 9.76. The molecular formula is C7H24O6P2W2-2. The van der Waals surface area contributed by atoms with Crippen LogP contribution >= 0.6 is 16.5 Å². The summed E-state index contributed by atoms with van der Waals surface area (Å²) in [7, 11) is -3.51. The maximum absolute atomic E-state index is 9.22.